The molecule has 0 N–H and O–H groups in total. The summed E-state index contributed by atoms with van der Waals surface area (Å²) in [5.41, 5.74) is -0.129. The molecule has 0 radical (unpaired) electrons. The van der Waals surface area contributed by atoms with Crippen molar-refractivity contribution in [3.8, 4) is 0 Å². The number of nitrogens with zero attached hydrogens (tertiary/aromatic N) is 2. The van der Waals surface area contributed by atoms with E-state index in [-0.39, 0.29) is 11.4 Å². The molecule has 5 heteroatoms. The lowest BCUT2D eigenvalue weighted by Crippen LogP contribution is -2.55. The van der Waals surface area contributed by atoms with Gasteiger partial charge in [0.2, 0.25) is 5.91 Å². The molecule has 0 aliphatic heterocycles. The first-order valence-corrected chi connectivity index (χ1v) is 10.0. The maximum atomic E-state index is 13.5. The summed E-state index contributed by atoms with van der Waals surface area (Å²) in [6.45, 7) is 4.25. The van der Waals surface area contributed by atoms with Crippen molar-refractivity contribution in [2.75, 3.05) is 40.3 Å². The molecule has 1 amide bonds. The Morgan fingerprint density at radius 1 is 0.960 bits per heavy atom. The molecule has 0 unspecified atom stereocenters. The third-order valence-corrected chi connectivity index (χ3v) is 6.49. The van der Waals surface area contributed by atoms with Crippen molar-refractivity contribution in [2.45, 2.75) is 51.9 Å². The Labute approximate surface area is 152 Å². The number of esters is 1. The van der Waals surface area contributed by atoms with Crippen molar-refractivity contribution in [3.63, 3.8) is 0 Å². The zero-order chi connectivity index (χ0) is 18.0. The lowest BCUT2D eigenvalue weighted by molar-refractivity contribution is -0.158. The predicted molar refractivity (Wildman–Crippen MR) is 97.0 cm³/mol. The van der Waals surface area contributed by atoms with Crippen molar-refractivity contribution < 1.29 is 14.3 Å². The topological polar surface area (TPSA) is 49.9 Å². The molecule has 0 aromatic heterocycles. The van der Waals surface area contributed by atoms with Crippen molar-refractivity contribution >= 4 is 11.9 Å². The Bertz CT molecular complexity index is 468. The van der Waals surface area contributed by atoms with Crippen molar-refractivity contribution in [1.29, 1.82) is 0 Å². The van der Waals surface area contributed by atoms with Crippen molar-refractivity contribution in [1.82, 2.24) is 9.80 Å². The molecule has 0 aromatic carbocycles. The van der Waals surface area contributed by atoms with Gasteiger partial charge in [-0.3, -0.25) is 9.59 Å². The highest BCUT2D eigenvalue weighted by atomic mass is 16.5. The number of carbonyl (C=O) groups excluding carboxylic acids is 2. The molecule has 0 aromatic rings. The van der Waals surface area contributed by atoms with Gasteiger partial charge in [-0.1, -0.05) is 0 Å². The van der Waals surface area contributed by atoms with Crippen LogP contribution in [-0.4, -0.2) is 62.0 Å². The van der Waals surface area contributed by atoms with Crippen LogP contribution in [0, 0.1) is 23.2 Å². The van der Waals surface area contributed by atoms with E-state index in [0.29, 0.717) is 32.0 Å². The smallest absolute Gasteiger partial charge is 0.307 e. The summed E-state index contributed by atoms with van der Waals surface area (Å²) in [4.78, 5) is 29.4. The summed E-state index contributed by atoms with van der Waals surface area (Å²) in [5, 5.41) is 0. The largest absolute Gasteiger partial charge is 0.466 e. The molecule has 0 saturated heterocycles. The van der Waals surface area contributed by atoms with E-state index >= 15 is 0 Å². The first-order valence-electron chi connectivity index (χ1n) is 10.0. The lowest BCUT2D eigenvalue weighted by Gasteiger charge is -2.56. The summed E-state index contributed by atoms with van der Waals surface area (Å²) >= 11 is 0. The highest BCUT2D eigenvalue weighted by Crippen LogP contribution is 2.60. The number of rotatable bonds is 8. The number of likely N-dealkylation sites (N-methyl/N-ethyl adjacent to an activating group) is 1. The number of carbonyl (C=O) groups is 2. The molecule has 0 heterocycles. The zero-order valence-electron chi connectivity index (χ0n) is 16.1. The minimum Gasteiger partial charge on any atom is -0.466 e. The van der Waals surface area contributed by atoms with Crippen LogP contribution in [0.15, 0.2) is 0 Å². The van der Waals surface area contributed by atoms with Crippen molar-refractivity contribution in [2.24, 2.45) is 23.2 Å². The predicted octanol–water partition coefficient (Wildman–Crippen LogP) is 2.55. The monoisotopic (exact) mass is 350 g/mol. The first-order chi connectivity index (χ1) is 11.9. The fourth-order valence-corrected chi connectivity index (χ4v) is 5.80. The van der Waals surface area contributed by atoms with E-state index in [1.807, 2.05) is 25.9 Å². The maximum absolute atomic E-state index is 13.5. The fraction of sp³-hybridized carbons (Fsp3) is 0.900. The maximum Gasteiger partial charge on any atom is 0.307 e. The molecule has 0 atom stereocenters. The molecular weight excluding hydrogens is 316 g/mol. The summed E-state index contributed by atoms with van der Waals surface area (Å²) in [6, 6.07) is 0. The van der Waals surface area contributed by atoms with Gasteiger partial charge in [0.15, 0.2) is 0 Å². The molecule has 4 bridgehead atoms. The van der Waals surface area contributed by atoms with Crippen LogP contribution in [0.2, 0.25) is 0 Å². The first kappa shape index (κ1) is 18.7. The highest BCUT2D eigenvalue weighted by molar-refractivity contribution is 5.84. The summed E-state index contributed by atoms with van der Waals surface area (Å²) in [6.07, 6.45) is 7.56. The normalized spacial score (nSPS) is 32.9. The molecule has 25 heavy (non-hydrogen) atoms. The third kappa shape index (κ3) is 4.18. The number of ether oxygens (including phenoxy) is 1. The molecule has 4 saturated carbocycles. The van der Waals surface area contributed by atoms with E-state index in [4.69, 9.17) is 4.74 Å². The van der Waals surface area contributed by atoms with E-state index in [2.05, 4.69) is 4.90 Å². The Hall–Kier alpha value is -1.10. The average Bonchev–Trinajstić information content (AvgIpc) is 2.53. The quantitative estimate of drug-likeness (QED) is 0.631. The fourth-order valence-electron chi connectivity index (χ4n) is 5.80. The van der Waals surface area contributed by atoms with Gasteiger partial charge < -0.3 is 14.5 Å². The number of amides is 1. The van der Waals surface area contributed by atoms with E-state index in [0.717, 1.165) is 43.6 Å². The SMILES string of the molecule is CCOC(=O)CCN(CCN(C)C)C(=O)C12CC3CC(CC(C3)C1)C2. The van der Waals surface area contributed by atoms with Gasteiger partial charge in [-0.25, -0.2) is 0 Å². The molecule has 4 aliphatic carbocycles. The van der Waals surface area contributed by atoms with Crippen LogP contribution < -0.4 is 0 Å². The van der Waals surface area contributed by atoms with Crippen LogP contribution in [0.5, 0.6) is 0 Å². The average molecular weight is 351 g/mol. The van der Waals surface area contributed by atoms with E-state index in [9.17, 15) is 9.59 Å². The molecule has 142 valence electrons. The zero-order valence-corrected chi connectivity index (χ0v) is 16.1. The Morgan fingerprint density at radius 3 is 2.00 bits per heavy atom. The van der Waals surface area contributed by atoms with Crippen LogP contribution in [0.1, 0.15) is 51.9 Å². The molecule has 0 spiro atoms. The second-order valence-corrected chi connectivity index (χ2v) is 8.85. The molecule has 4 fully saturated rings. The Kier molecular flexibility index (Phi) is 5.71. The Balaban J connectivity index is 1.68. The van der Waals surface area contributed by atoms with Crippen LogP contribution in [0.3, 0.4) is 0 Å². The van der Waals surface area contributed by atoms with E-state index in [1.54, 1.807) is 0 Å². The highest BCUT2D eigenvalue weighted by Gasteiger charge is 2.55. The summed E-state index contributed by atoms with van der Waals surface area (Å²) in [5.74, 6) is 2.40. The van der Waals surface area contributed by atoms with Crippen LogP contribution in [0.25, 0.3) is 0 Å². The molecule has 5 nitrogen and oxygen atoms in total. The number of hydrogen-bond donors (Lipinski definition) is 0. The van der Waals surface area contributed by atoms with Gasteiger partial charge >= 0.3 is 5.97 Å². The van der Waals surface area contributed by atoms with Crippen molar-refractivity contribution in [3.05, 3.63) is 0 Å². The minimum absolute atomic E-state index is 0.129. The van der Waals surface area contributed by atoms with Crippen LogP contribution in [0.4, 0.5) is 0 Å². The van der Waals surface area contributed by atoms with Gasteiger partial charge in [-0.2, -0.15) is 0 Å². The minimum atomic E-state index is -0.198. The molecule has 4 rings (SSSR count). The standard InChI is InChI=1S/C20H34N2O3/c1-4-25-18(23)5-6-22(8-7-21(2)3)19(24)20-12-15-9-16(13-20)11-17(10-15)14-20/h15-17H,4-14H2,1-3H3. The van der Waals surface area contributed by atoms with Gasteiger partial charge in [0.25, 0.3) is 0 Å². The third-order valence-electron chi connectivity index (χ3n) is 6.49. The van der Waals surface area contributed by atoms with Gasteiger partial charge in [0.05, 0.1) is 18.4 Å². The summed E-state index contributed by atoms with van der Waals surface area (Å²) in [7, 11) is 4.05. The van der Waals surface area contributed by atoms with Gasteiger partial charge in [0.1, 0.15) is 0 Å². The number of hydrogen-bond acceptors (Lipinski definition) is 4. The van der Waals surface area contributed by atoms with E-state index in [1.165, 1.54) is 19.3 Å². The second-order valence-electron chi connectivity index (χ2n) is 8.85. The second kappa shape index (κ2) is 7.65. The molecule has 4 aliphatic rings. The van der Waals surface area contributed by atoms with Crippen LogP contribution in [-0.2, 0) is 14.3 Å². The summed E-state index contributed by atoms with van der Waals surface area (Å²) < 4.78 is 5.06. The molecular formula is C20H34N2O3. The van der Waals surface area contributed by atoms with E-state index < -0.39 is 0 Å². The van der Waals surface area contributed by atoms with Gasteiger partial charge in [-0.05, 0) is 77.3 Å². The van der Waals surface area contributed by atoms with Gasteiger partial charge in [0, 0.05) is 19.6 Å². The Morgan fingerprint density at radius 2 is 1.52 bits per heavy atom. The lowest BCUT2D eigenvalue weighted by atomic mass is 9.49. The van der Waals surface area contributed by atoms with Crippen LogP contribution >= 0.6 is 0 Å². The van der Waals surface area contributed by atoms with Gasteiger partial charge in [-0.15, -0.1) is 0 Å².